The minimum Gasteiger partial charge on any atom is -0.399 e. The van der Waals surface area contributed by atoms with E-state index in [0.29, 0.717) is 11.4 Å². The molecule has 1 amide bonds. The average molecular weight is 242 g/mol. The molecule has 0 fully saturated rings. The van der Waals surface area contributed by atoms with Crippen molar-refractivity contribution in [1.29, 1.82) is 0 Å². The molecule has 2 rings (SSSR count). The highest BCUT2D eigenvalue weighted by Crippen LogP contribution is 2.19. The molecule has 0 saturated carbocycles. The monoisotopic (exact) mass is 242 g/mol. The molecule has 5 heteroatoms. The number of aromatic nitrogens is 2. The van der Waals surface area contributed by atoms with Crippen LogP contribution in [0.25, 0.3) is 0 Å². The van der Waals surface area contributed by atoms with Crippen LogP contribution in [0.4, 0.5) is 11.4 Å². The van der Waals surface area contributed by atoms with Gasteiger partial charge in [-0.1, -0.05) is 12.1 Å². The van der Waals surface area contributed by atoms with E-state index in [1.165, 1.54) is 6.33 Å². The quantitative estimate of drug-likeness (QED) is 0.804. The second-order valence-electron chi connectivity index (χ2n) is 4.01. The van der Waals surface area contributed by atoms with Gasteiger partial charge in [0.05, 0.1) is 24.0 Å². The Kier molecular flexibility index (Phi) is 3.52. The van der Waals surface area contributed by atoms with E-state index in [0.717, 1.165) is 5.56 Å². The Balaban J connectivity index is 2.10. The van der Waals surface area contributed by atoms with Gasteiger partial charge < -0.3 is 11.1 Å². The first-order valence-electron chi connectivity index (χ1n) is 5.58. The Morgan fingerprint density at radius 1 is 1.33 bits per heavy atom. The fourth-order valence-corrected chi connectivity index (χ4v) is 1.59. The van der Waals surface area contributed by atoms with Crippen molar-refractivity contribution in [2.24, 2.45) is 0 Å². The zero-order valence-electron chi connectivity index (χ0n) is 10.00. The molecule has 3 N–H and O–H groups in total. The van der Waals surface area contributed by atoms with Crippen LogP contribution in [0.15, 0.2) is 43.0 Å². The maximum absolute atomic E-state index is 12.0. The van der Waals surface area contributed by atoms with E-state index in [9.17, 15) is 4.79 Å². The molecule has 0 bridgehead atoms. The van der Waals surface area contributed by atoms with Crippen LogP contribution >= 0.6 is 0 Å². The van der Waals surface area contributed by atoms with E-state index >= 15 is 0 Å². The number of amides is 1. The van der Waals surface area contributed by atoms with Crippen molar-refractivity contribution in [3.63, 3.8) is 0 Å². The molecule has 1 aromatic carbocycles. The second-order valence-corrected chi connectivity index (χ2v) is 4.01. The van der Waals surface area contributed by atoms with Gasteiger partial charge >= 0.3 is 0 Å². The van der Waals surface area contributed by atoms with E-state index in [1.807, 2.05) is 19.1 Å². The van der Waals surface area contributed by atoms with Crippen molar-refractivity contribution in [1.82, 2.24) is 9.97 Å². The Labute approximate surface area is 105 Å². The number of hydrogen-bond acceptors (Lipinski definition) is 4. The number of rotatable bonds is 3. The van der Waals surface area contributed by atoms with Crippen LogP contribution in [0.3, 0.4) is 0 Å². The fourth-order valence-electron chi connectivity index (χ4n) is 1.59. The van der Waals surface area contributed by atoms with Gasteiger partial charge in [-0.25, -0.2) is 9.97 Å². The van der Waals surface area contributed by atoms with Gasteiger partial charge in [0, 0.05) is 5.69 Å². The van der Waals surface area contributed by atoms with Gasteiger partial charge in [0.25, 0.3) is 0 Å². The lowest BCUT2D eigenvalue weighted by Gasteiger charge is -2.12. The first-order chi connectivity index (χ1) is 8.66. The molecule has 1 heterocycles. The molecule has 0 aliphatic rings. The van der Waals surface area contributed by atoms with Gasteiger partial charge in [0.15, 0.2) is 0 Å². The summed E-state index contributed by atoms with van der Waals surface area (Å²) in [5, 5.41) is 2.75. The Hall–Kier alpha value is -2.43. The number of hydrogen-bond donors (Lipinski definition) is 2. The summed E-state index contributed by atoms with van der Waals surface area (Å²) in [7, 11) is 0. The summed E-state index contributed by atoms with van der Waals surface area (Å²) in [4.78, 5) is 19.7. The van der Waals surface area contributed by atoms with Crippen LogP contribution in [0.1, 0.15) is 18.4 Å². The van der Waals surface area contributed by atoms with E-state index in [4.69, 9.17) is 5.73 Å². The minimum absolute atomic E-state index is 0.115. The summed E-state index contributed by atoms with van der Waals surface area (Å²) in [6, 6.07) is 7.30. The predicted octanol–water partition coefficient (Wildman–Crippen LogP) is 1.80. The predicted molar refractivity (Wildman–Crippen MR) is 69.9 cm³/mol. The van der Waals surface area contributed by atoms with Crippen molar-refractivity contribution in [3.05, 3.63) is 48.5 Å². The second kappa shape index (κ2) is 5.27. The van der Waals surface area contributed by atoms with Crippen molar-refractivity contribution < 1.29 is 4.79 Å². The van der Waals surface area contributed by atoms with Crippen molar-refractivity contribution in [2.75, 3.05) is 11.1 Å². The number of carbonyl (C=O) groups is 1. The third-order valence-electron chi connectivity index (χ3n) is 2.63. The molecule has 92 valence electrons. The maximum atomic E-state index is 12.0. The number of benzene rings is 1. The van der Waals surface area contributed by atoms with Crippen LogP contribution in [0.5, 0.6) is 0 Å². The average Bonchev–Trinajstić information content (AvgIpc) is 2.39. The standard InChI is InChI=1S/C13H14N4O/c1-9(10-3-2-4-11(14)5-10)13(18)17-12-6-15-8-16-7-12/h2-9H,14H2,1H3,(H,17,18). The van der Waals surface area contributed by atoms with E-state index in [2.05, 4.69) is 15.3 Å². The van der Waals surface area contributed by atoms with Crippen LogP contribution in [0, 0.1) is 0 Å². The highest BCUT2D eigenvalue weighted by molar-refractivity contribution is 5.95. The number of nitrogen functional groups attached to an aromatic ring is 1. The summed E-state index contributed by atoms with van der Waals surface area (Å²) in [5.41, 5.74) is 7.81. The molecule has 5 nitrogen and oxygen atoms in total. The van der Waals surface area contributed by atoms with Crippen molar-refractivity contribution >= 4 is 17.3 Å². The van der Waals surface area contributed by atoms with Crippen LogP contribution in [0.2, 0.25) is 0 Å². The first kappa shape index (κ1) is 12.0. The maximum Gasteiger partial charge on any atom is 0.231 e. The lowest BCUT2D eigenvalue weighted by atomic mass is 10.00. The van der Waals surface area contributed by atoms with Gasteiger partial charge in [0.1, 0.15) is 6.33 Å². The van der Waals surface area contributed by atoms with Gasteiger partial charge in [-0.2, -0.15) is 0 Å². The minimum atomic E-state index is -0.284. The smallest absolute Gasteiger partial charge is 0.231 e. The van der Waals surface area contributed by atoms with Crippen LogP contribution < -0.4 is 11.1 Å². The fraction of sp³-hybridized carbons (Fsp3) is 0.154. The van der Waals surface area contributed by atoms with Gasteiger partial charge in [0.2, 0.25) is 5.91 Å². The largest absolute Gasteiger partial charge is 0.399 e. The summed E-state index contributed by atoms with van der Waals surface area (Å²) in [5.74, 6) is -0.399. The highest BCUT2D eigenvalue weighted by Gasteiger charge is 2.15. The third kappa shape index (κ3) is 2.82. The molecule has 1 atom stereocenters. The molecular weight excluding hydrogens is 228 g/mol. The number of nitrogens with one attached hydrogen (secondary N) is 1. The Morgan fingerprint density at radius 3 is 2.72 bits per heavy atom. The molecule has 1 aromatic heterocycles. The van der Waals surface area contributed by atoms with Crippen molar-refractivity contribution in [3.8, 4) is 0 Å². The molecule has 0 aliphatic carbocycles. The summed E-state index contributed by atoms with van der Waals surface area (Å²) < 4.78 is 0. The van der Waals surface area contributed by atoms with Gasteiger partial charge in [-0.05, 0) is 24.6 Å². The number of nitrogens with two attached hydrogens (primary N) is 1. The molecule has 18 heavy (non-hydrogen) atoms. The normalized spacial score (nSPS) is 11.8. The van der Waals surface area contributed by atoms with Crippen LogP contribution in [-0.2, 0) is 4.79 Å². The molecular formula is C13H14N4O. The Morgan fingerprint density at radius 2 is 2.06 bits per heavy atom. The zero-order chi connectivity index (χ0) is 13.0. The summed E-state index contributed by atoms with van der Waals surface area (Å²) in [6.45, 7) is 1.83. The van der Waals surface area contributed by atoms with E-state index in [-0.39, 0.29) is 11.8 Å². The topological polar surface area (TPSA) is 80.9 Å². The molecule has 0 saturated heterocycles. The van der Waals surface area contributed by atoms with Gasteiger partial charge in [-0.3, -0.25) is 4.79 Å². The molecule has 0 spiro atoms. The lowest BCUT2D eigenvalue weighted by molar-refractivity contribution is -0.117. The highest BCUT2D eigenvalue weighted by atomic mass is 16.1. The molecule has 0 aliphatic heterocycles. The lowest BCUT2D eigenvalue weighted by Crippen LogP contribution is -2.19. The number of nitrogens with zero attached hydrogens (tertiary/aromatic N) is 2. The number of anilines is 2. The summed E-state index contributed by atoms with van der Waals surface area (Å²) >= 11 is 0. The third-order valence-corrected chi connectivity index (χ3v) is 2.63. The van der Waals surface area contributed by atoms with Crippen molar-refractivity contribution in [2.45, 2.75) is 12.8 Å². The van der Waals surface area contributed by atoms with E-state index in [1.54, 1.807) is 24.5 Å². The SMILES string of the molecule is CC(C(=O)Nc1cncnc1)c1cccc(N)c1. The molecule has 2 aromatic rings. The van der Waals surface area contributed by atoms with Gasteiger partial charge in [-0.15, -0.1) is 0 Å². The zero-order valence-corrected chi connectivity index (χ0v) is 10.00. The Bertz CT molecular complexity index is 542. The summed E-state index contributed by atoms with van der Waals surface area (Å²) in [6.07, 6.45) is 4.52. The van der Waals surface area contributed by atoms with Crippen LogP contribution in [-0.4, -0.2) is 15.9 Å². The molecule has 1 unspecified atom stereocenters. The number of carbonyl (C=O) groups excluding carboxylic acids is 1. The van der Waals surface area contributed by atoms with E-state index < -0.39 is 0 Å². The first-order valence-corrected chi connectivity index (χ1v) is 5.58. The molecule has 0 radical (unpaired) electrons.